The summed E-state index contributed by atoms with van der Waals surface area (Å²) >= 11 is 2.90. The second-order valence-corrected chi connectivity index (χ2v) is 16.5. The molecule has 0 aliphatic heterocycles. The first-order valence-corrected chi connectivity index (χ1v) is 20.6. The van der Waals surface area contributed by atoms with Gasteiger partial charge in [0.2, 0.25) is 5.91 Å². The summed E-state index contributed by atoms with van der Waals surface area (Å²) in [5.41, 5.74) is 2.75. The monoisotopic (exact) mass is 774 g/mol. The zero-order valence-corrected chi connectivity index (χ0v) is 33.1. The average Bonchev–Trinajstić information content (AvgIpc) is 3.86. The predicted octanol–water partition coefficient (Wildman–Crippen LogP) is 6.90. The van der Waals surface area contributed by atoms with Gasteiger partial charge in [-0.05, 0) is 59.8 Å². The van der Waals surface area contributed by atoms with E-state index in [1.54, 1.807) is 35.5 Å². The molecule has 290 valence electrons. The Morgan fingerprint density at radius 2 is 1.61 bits per heavy atom. The largest absolute Gasteiger partial charge is 0.444 e. The van der Waals surface area contributed by atoms with Gasteiger partial charge in [-0.2, -0.15) is 0 Å². The summed E-state index contributed by atoms with van der Waals surface area (Å²) in [7, 11) is 1.71. The predicted molar refractivity (Wildman–Crippen MR) is 213 cm³/mol. The van der Waals surface area contributed by atoms with Crippen molar-refractivity contribution < 1.29 is 24.2 Å². The van der Waals surface area contributed by atoms with Gasteiger partial charge < -0.3 is 30.7 Å². The number of aromatic nitrogens is 2. The minimum atomic E-state index is -1.05. The third-order valence-electron chi connectivity index (χ3n) is 9.86. The number of ether oxygens (including phenoxy) is 1. The maximum atomic E-state index is 14.0. The highest BCUT2D eigenvalue weighted by molar-refractivity contribution is 7.09. The molecule has 0 bridgehead atoms. The van der Waals surface area contributed by atoms with Crippen molar-refractivity contribution in [3.8, 4) is 0 Å². The Labute approximate surface area is 327 Å². The van der Waals surface area contributed by atoms with Crippen LogP contribution in [0.1, 0.15) is 79.1 Å². The van der Waals surface area contributed by atoms with E-state index in [1.165, 1.54) is 43.6 Å². The van der Waals surface area contributed by atoms with Crippen molar-refractivity contribution in [1.82, 2.24) is 30.2 Å². The molecule has 4 amide bonds. The molecule has 4 aromatic rings. The fourth-order valence-corrected chi connectivity index (χ4v) is 8.27. The molecular formula is C41H54N6O5S2. The van der Waals surface area contributed by atoms with Gasteiger partial charge in [-0.3, -0.25) is 4.79 Å². The number of nitrogens with one attached hydrogen (secondary N) is 3. The number of thiazole rings is 1. The highest BCUT2D eigenvalue weighted by Gasteiger charge is 2.31. The lowest BCUT2D eigenvalue weighted by atomic mass is 9.87. The number of rotatable bonds is 18. The van der Waals surface area contributed by atoms with E-state index in [0.29, 0.717) is 25.3 Å². The topological polar surface area (TPSA) is 146 Å². The molecule has 0 radical (unpaired) electrons. The summed E-state index contributed by atoms with van der Waals surface area (Å²) in [5, 5.41) is 23.8. The number of nitrogens with zero attached hydrogens (tertiary/aromatic N) is 3. The van der Waals surface area contributed by atoms with Gasteiger partial charge in [-0.1, -0.05) is 107 Å². The number of alkyl carbamates (subject to hydrolysis) is 1. The van der Waals surface area contributed by atoms with Crippen molar-refractivity contribution in [1.29, 1.82) is 0 Å². The Kier molecular flexibility index (Phi) is 15.8. The third-order valence-corrected chi connectivity index (χ3v) is 11.5. The molecular weight excluding hydrogens is 721 g/mol. The van der Waals surface area contributed by atoms with Crippen molar-refractivity contribution in [2.24, 2.45) is 11.8 Å². The van der Waals surface area contributed by atoms with E-state index in [0.717, 1.165) is 33.1 Å². The molecule has 4 atom stereocenters. The van der Waals surface area contributed by atoms with E-state index in [9.17, 15) is 19.5 Å². The molecule has 0 unspecified atom stereocenters. The van der Waals surface area contributed by atoms with Gasteiger partial charge in [0, 0.05) is 31.1 Å². The number of amides is 4. The molecule has 2 aromatic carbocycles. The van der Waals surface area contributed by atoms with Crippen LogP contribution in [0.3, 0.4) is 0 Å². The van der Waals surface area contributed by atoms with E-state index in [2.05, 4.69) is 20.3 Å². The van der Waals surface area contributed by atoms with Crippen LogP contribution in [0.5, 0.6) is 0 Å². The van der Waals surface area contributed by atoms with Gasteiger partial charge in [0.1, 0.15) is 12.6 Å². The summed E-state index contributed by atoms with van der Waals surface area (Å²) in [6, 6.07) is 18.7. The summed E-state index contributed by atoms with van der Waals surface area (Å²) in [6.45, 7) is 4.19. The molecule has 5 rings (SSSR count). The molecule has 1 saturated carbocycles. The molecule has 2 aromatic heterocycles. The normalized spacial score (nSPS) is 15.5. The standard InChI is InChI=1S/C41H54N6O5S2/c1-28(2)38(46-40(50)47(3)25-33-27-53-37(43-33)23-31-17-11-6-12-18-31)39(49)44-32(21-29-13-7-4-8-14-29)24-36(48)35(22-30-15-9-5-10-16-30)45-41(51)52-26-34-19-20-42-54-34/h4-5,7-10,13-16,19-20,27-28,31-32,35-36,38,48H,6,11-12,17-18,21-26H2,1-3H3,(H,44,49)(H,45,51)(H,46,50)/t32-,35-,36-,38-/m0/s1. The number of carbonyl (C=O) groups is 3. The third kappa shape index (κ3) is 13.2. The fraction of sp³-hybridized carbons (Fsp3) is 0.488. The lowest BCUT2D eigenvalue weighted by molar-refractivity contribution is -0.124. The quantitative estimate of drug-likeness (QED) is 0.0861. The summed E-state index contributed by atoms with van der Waals surface area (Å²) < 4.78 is 9.49. The van der Waals surface area contributed by atoms with E-state index in [4.69, 9.17) is 9.72 Å². The van der Waals surface area contributed by atoms with Crippen LogP contribution in [0.4, 0.5) is 9.59 Å². The minimum absolute atomic E-state index is 0.0695. The van der Waals surface area contributed by atoms with Gasteiger partial charge in [0.15, 0.2) is 0 Å². The summed E-state index contributed by atoms with van der Waals surface area (Å²) in [4.78, 5) is 47.6. The van der Waals surface area contributed by atoms with Crippen LogP contribution in [-0.4, -0.2) is 68.7 Å². The number of hydrogen-bond donors (Lipinski definition) is 4. The number of urea groups is 1. The van der Waals surface area contributed by atoms with Gasteiger partial charge in [0.25, 0.3) is 0 Å². The smallest absolute Gasteiger partial charge is 0.407 e. The van der Waals surface area contributed by atoms with Crippen LogP contribution < -0.4 is 16.0 Å². The molecule has 1 aliphatic rings. The molecule has 0 spiro atoms. The van der Waals surface area contributed by atoms with Crippen LogP contribution in [0.15, 0.2) is 78.3 Å². The Bertz CT molecular complexity index is 1720. The van der Waals surface area contributed by atoms with Crippen molar-refractivity contribution in [3.63, 3.8) is 0 Å². The molecule has 1 aliphatic carbocycles. The molecule has 0 saturated heterocycles. The molecule has 1 fully saturated rings. The lowest BCUT2D eigenvalue weighted by Gasteiger charge is -2.30. The first-order chi connectivity index (χ1) is 26.1. The summed E-state index contributed by atoms with van der Waals surface area (Å²) in [6.07, 6.45) is 8.29. The maximum absolute atomic E-state index is 14.0. The van der Waals surface area contributed by atoms with E-state index in [-0.39, 0.29) is 30.9 Å². The van der Waals surface area contributed by atoms with E-state index < -0.39 is 30.3 Å². The van der Waals surface area contributed by atoms with Crippen LogP contribution in [0.25, 0.3) is 0 Å². The first-order valence-electron chi connectivity index (χ1n) is 19.0. The van der Waals surface area contributed by atoms with Crippen molar-refractivity contribution >= 4 is 40.9 Å². The van der Waals surface area contributed by atoms with Crippen LogP contribution in [0, 0.1) is 11.8 Å². The Morgan fingerprint density at radius 1 is 0.926 bits per heavy atom. The maximum Gasteiger partial charge on any atom is 0.407 e. The Morgan fingerprint density at radius 3 is 2.26 bits per heavy atom. The summed E-state index contributed by atoms with van der Waals surface area (Å²) in [5.74, 6) is 0.129. The van der Waals surface area contributed by atoms with Crippen LogP contribution >= 0.6 is 22.9 Å². The molecule has 13 heteroatoms. The Hall–Kier alpha value is -4.33. The highest BCUT2D eigenvalue weighted by Crippen LogP contribution is 2.28. The van der Waals surface area contributed by atoms with E-state index >= 15 is 0 Å². The molecule has 54 heavy (non-hydrogen) atoms. The second-order valence-electron chi connectivity index (χ2n) is 14.7. The van der Waals surface area contributed by atoms with Gasteiger partial charge in [0.05, 0.1) is 34.3 Å². The first kappa shape index (κ1) is 40.8. The van der Waals surface area contributed by atoms with Gasteiger partial charge in [-0.15, -0.1) is 11.3 Å². The number of aliphatic hydroxyl groups is 1. The Balaban J connectivity index is 1.23. The minimum Gasteiger partial charge on any atom is -0.444 e. The number of hydrogen-bond acceptors (Lipinski definition) is 9. The number of carbonyl (C=O) groups excluding carboxylic acids is 3. The van der Waals surface area contributed by atoms with Crippen molar-refractivity contribution in [3.05, 3.63) is 105 Å². The number of aliphatic hydroxyl groups excluding tert-OH is 1. The zero-order valence-electron chi connectivity index (χ0n) is 31.5. The lowest BCUT2D eigenvalue weighted by Crippen LogP contribution is -2.55. The zero-order chi connectivity index (χ0) is 38.3. The SMILES string of the molecule is CC(C)[C@H](NC(=O)N(C)Cc1csc(CC2CCCCC2)n1)C(=O)N[C@@H](Cc1ccccc1)C[C@H](O)[C@H](Cc1ccccc1)NC(=O)OCc1ccns1. The average molecular weight is 775 g/mol. The fourth-order valence-electron chi connectivity index (χ4n) is 6.88. The van der Waals surface area contributed by atoms with Crippen molar-refractivity contribution in [2.75, 3.05) is 7.05 Å². The van der Waals surface area contributed by atoms with E-state index in [1.807, 2.05) is 79.9 Å². The van der Waals surface area contributed by atoms with Gasteiger partial charge in [-0.25, -0.2) is 18.9 Å². The van der Waals surface area contributed by atoms with Crippen LogP contribution in [0.2, 0.25) is 0 Å². The number of benzene rings is 2. The molecule has 2 heterocycles. The highest BCUT2D eigenvalue weighted by atomic mass is 32.1. The molecule has 4 N–H and O–H groups in total. The van der Waals surface area contributed by atoms with Crippen molar-refractivity contribution in [2.45, 2.75) is 109 Å². The van der Waals surface area contributed by atoms with Gasteiger partial charge >= 0.3 is 12.1 Å². The molecule has 11 nitrogen and oxygen atoms in total. The van der Waals surface area contributed by atoms with Crippen LogP contribution in [-0.2, 0) is 41.9 Å². The second kappa shape index (κ2) is 20.9.